The van der Waals surface area contributed by atoms with Gasteiger partial charge in [0, 0.05) is 12.6 Å². The third-order valence-corrected chi connectivity index (χ3v) is 1.88. The highest BCUT2D eigenvalue weighted by Crippen LogP contribution is 2.02. The maximum atomic E-state index is 5.65. The predicted octanol–water partition coefficient (Wildman–Crippen LogP) is 1.05. The van der Waals surface area contributed by atoms with Gasteiger partial charge in [0.2, 0.25) is 0 Å². The molecule has 5 heteroatoms. The molecule has 0 saturated carbocycles. The van der Waals surface area contributed by atoms with Crippen molar-refractivity contribution in [1.29, 1.82) is 0 Å². The number of nitrogens with two attached hydrogens (primary N) is 2. The molecule has 0 aliphatic carbocycles. The molecule has 0 heterocycles. The van der Waals surface area contributed by atoms with Gasteiger partial charge in [-0.3, -0.25) is 15.3 Å². The zero-order chi connectivity index (χ0) is 12.6. The Labute approximate surface area is 98.4 Å². The number of hydrogen-bond donors (Lipinski definition) is 3. The Morgan fingerprint density at radius 1 is 1.12 bits per heavy atom. The average molecular weight is 227 g/mol. The van der Waals surface area contributed by atoms with Crippen LogP contribution in [0.1, 0.15) is 40.5 Å². The van der Waals surface area contributed by atoms with Crippen molar-refractivity contribution in [2.45, 2.75) is 46.6 Å². The van der Waals surface area contributed by atoms with Gasteiger partial charge in [-0.2, -0.15) is 0 Å². The predicted molar refractivity (Wildman–Crippen MR) is 70.5 cm³/mol. The zero-order valence-corrected chi connectivity index (χ0v) is 10.8. The first-order valence-corrected chi connectivity index (χ1v) is 5.82. The van der Waals surface area contributed by atoms with Crippen LogP contribution in [0.25, 0.3) is 0 Å². The molecule has 0 atom stereocenters. The highest BCUT2D eigenvalue weighted by atomic mass is 15.2. The van der Waals surface area contributed by atoms with Gasteiger partial charge < -0.3 is 11.5 Å². The van der Waals surface area contributed by atoms with Gasteiger partial charge in [0.15, 0.2) is 11.9 Å². The summed E-state index contributed by atoms with van der Waals surface area (Å²) in [6.07, 6.45) is 2.20. The maximum Gasteiger partial charge on any atom is 0.195 e. The molecule has 5 nitrogen and oxygen atoms in total. The molecule has 0 unspecified atom stereocenters. The molecule has 16 heavy (non-hydrogen) atoms. The number of aliphatic imine (C=N–C) groups is 2. The molecule has 0 radical (unpaired) electrons. The van der Waals surface area contributed by atoms with Crippen molar-refractivity contribution in [3.63, 3.8) is 0 Å². The van der Waals surface area contributed by atoms with E-state index >= 15 is 0 Å². The number of nitrogens with one attached hydrogen (secondary N) is 1. The molecular formula is C11H25N5. The van der Waals surface area contributed by atoms with Crippen molar-refractivity contribution in [1.82, 2.24) is 5.32 Å². The molecule has 0 aliphatic rings. The average Bonchev–Trinajstić information content (AvgIpc) is 2.10. The molecule has 0 bridgehead atoms. The Kier molecular flexibility index (Phi) is 7.33. The fourth-order valence-electron chi connectivity index (χ4n) is 1.18. The minimum absolute atomic E-state index is 0.154. The summed E-state index contributed by atoms with van der Waals surface area (Å²) in [5.41, 5.74) is 11.3. The lowest BCUT2D eigenvalue weighted by atomic mass is 10.1. The quantitative estimate of drug-likeness (QED) is 0.372. The first-order valence-electron chi connectivity index (χ1n) is 5.82. The van der Waals surface area contributed by atoms with E-state index < -0.39 is 0 Å². The molecule has 5 N–H and O–H groups in total. The Balaban J connectivity index is 3.87. The van der Waals surface area contributed by atoms with Gasteiger partial charge >= 0.3 is 0 Å². The Morgan fingerprint density at radius 3 is 2.25 bits per heavy atom. The maximum absolute atomic E-state index is 5.65. The van der Waals surface area contributed by atoms with E-state index in [1.807, 2.05) is 13.8 Å². The van der Waals surface area contributed by atoms with E-state index in [4.69, 9.17) is 11.5 Å². The Hall–Kier alpha value is -1.26. The molecule has 0 aromatic carbocycles. The molecular weight excluding hydrogens is 202 g/mol. The van der Waals surface area contributed by atoms with Gasteiger partial charge in [0.05, 0.1) is 0 Å². The number of nitrogens with zero attached hydrogens (tertiary/aromatic N) is 2. The Morgan fingerprint density at radius 2 is 1.75 bits per heavy atom. The summed E-state index contributed by atoms with van der Waals surface area (Å²) in [5.74, 6) is 1.36. The summed E-state index contributed by atoms with van der Waals surface area (Å²) in [5, 5.41) is 2.75. The van der Waals surface area contributed by atoms with E-state index in [0.29, 0.717) is 17.8 Å². The summed E-state index contributed by atoms with van der Waals surface area (Å²) >= 11 is 0. The van der Waals surface area contributed by atoms with Gasteiger partial charge in [0.1, 0.15) is 0 Å². The third-order valence-electron chi connectivity index (χ3n) is 1.88. The summed E-state index contributed by atoms with van der Waals surface area (Å²) in [7, 11) is 0. The second-order valence-electron chi connectivity index (χ2n) is 4.54. The van der Waals surface area contributed by atoms with E-state index in [1.54, 1.807) is 0 Å². The van der Waals surface area contributed by atoms with Crippen molar-refractivity contribution in [2.75, 3.05) is 6.54 Å². The lowest BCUT2D eigenvalue weighted by molar-refractivity contribution is 0.561. The standard InChI is InChI=1S/C11H25N5/c1-8(2)6-5-7-14-10(12)16-11(13)15-9(3)4/h8-9H,5-7H2,1-4H3,(H5,12,13,14,15,16). The second kappa shape index (κ2) is 7.96. The minimum Gasteiger partial charge on any atom is -0.370 e. The molecule has 94 valence electrons. The molecule has 0 aliphatic heterocycles. The van der Waals surface area contributed by atoms with Crippen LogP contribution < -0.4 is 16.8 Å². The molecule has 0 saturated heterocycles. The van der Waals surface area contributed by atoms with Gasteiger partial charge in [-0.15, -0.1) is 0 Å². The molecule has 0 fully saturated rings. The van der Waals surface area contributed by atoms with Crippen LogP contribution >= 0.6 is 0 Å². The SMILES string of the molecule is CC(C)CCCN=C(N)NC(N)=NC(C)C. The van der Waals surface area contributed by atoms with E-state index in [1.165, 1.54) is 0 Å². The minimum atomic E-state index is 0.154. The fraction of sp³-hybridized carbons (Fsp3) is 0.818. The topological polar surface area (TPSA) is 88.8 Å². The van der Waals surface area contributed by atoms with Crippen LogP contribution in [0.2, 0.25) is 0 Å². The largest absolute Gasteiger partial charge is 0.370 e. The zero-order valence-electron chi connectivity index (χ0n) is 10.8. The van der Waals surface area contributed by atoms with Crippen molar-refractivity contribution in [3.8, 4) is 0 Å². The van der Waals surface area contributed by atoms with E-state index in [2.05, 4.69) is 29.1 Å². The summed E-state index contributed by atoms with van der Waals surface area (Å²) in [4.78, 5) is 8.26. The van der Waals surface area contributed by atoms with E-state index in [9.17, 15) is 0 Å². The summed E-state index contributed by atoms with van der Waals surface area (Å²) in [6, 6.07) is 0.154. The first-order chi connectivity index (χ1) is 7.41. The number of hydrogen-bond acceptors (Lipinski definition) is 2. The Bertz CT molecular complexity index is 243. The van der Waals surface area contributed by atoms with Crippen LogP contribution in [0.15, 0.2) is 9.98 Å². The lowest BCUT2D eigenvalue weighted by Crippen LogP contribution is -2.42. The molecule has 0 aromatic rings. The third kappa shape index (κ3) is 9.30. The summed E-state index contributed by atoms with van der Waals surface area (Å²) in [6.45, 7) is 9.01. The number of guanidine groups is 2. The van der Waals surface area contributed by atoms with Gasteiger partial charge in [-0.1, -0.05) is 13.8 Å². The van der Waals surface area contributed by atoms with Crippen LogP contribution in [-0.4, -0.2) is 24.5 Å². The van der Waals surface area contributed by atoms with Crippen LogP contribution in [0.4, 0.5) is 0 Å². The molecule has 0 spiro atoms. The smallest absolute Gasteiger partial charge is 0.195 e. The number of rotatable bonds is 5. The van der Waals surface area contributed by atoms with Gasteiger partial charge in [-0.25, -0.2) is 0 Å². The highest BCUT2D eigenvalue weighted by molar-refractivity contribution is 5.97. The second-order valence-corrected chi connectivity index (χ2v) is 4.54. The van der Waals surface area contributed by atoms with Crippen LogP contribution in [0.3, 0.4) is 0 Å². The normalized spacial score (nSPS) is 13.6. The lowest BCUT2D eigenvalue weighted by Gasteiger charge is -2.06. The van der Waals surface area contributed by atoms with Crippen molar-refractivity contribution in [2.24, 2.45) is 27.4 Å². The first kappa shape index (κ1) is 14.7. The van der Waals surface area contributed by atoms with Crippen LogP contribution in [0.5, 0.6) is 0 Å². The molecule has 0 aromatic heterocycles. The fourth-order valence-corrected chi connectivity index (χ4v) is 1.18. The monoisotopic (exact) mass is 227 g/mol. The van der Waals surface area contributed by atoms with E-state index in [0.717, 1.165) is 19.4 Å². The van der Waals surface area contributed by atoms with E-state index in [-0.39, 0.29) is 6.04 Å². The van der Waals surface area contributed by atoms with Crippen LogP contribution in [0, 0.1) is 5.92 Å². The molecule has 0 amide bonds. The van der Waals surface area contributed by atoms with Crippen molar-refractivity contribution < 1.29 is 0 Å². The van der Waals surface area contributed by atoms with Gasteiger partial charge in [0.25, 0.3) is 0 Å². The highest BCUT2D eigenvalue weighted by Gasteiger charge is 1.97. The summed E-state index contributed by atoms with van der Waals surface area (Å²) < 4.78 is 0. The van der Waals surface area contributed by atoms with Crippen LogP contribution in [-0.2, 0) is 0 Å². The van der Waals surface area contributed by atoms with Gasteiger partial charge in [-0.05, 0) is 32.6 Å². The van der Waals surface area contributed by atoms with Crippen molar-refractivity contribution >= 4 is 11.9 Å². The van der Waals surface area contributed by atoms with Crippen molar-refractivity contribution in [3.05, 3.63) is 0 Å². The molecule has 0 rings (SSSR count).